The highest BCUT2D eigenvalue weighted by Gasteiger charge is 2.26. The zero-order valence-corrected chi connectivity index (χ0v) is 15.0. The molecule has 7 heteroatoms. The average molecular weight is 343 g/mol. The van der Waals surface area contributed by atoms with Gasteiger partial charge >= 0.3 is 6.09 Å². The first-order valence-electron chi connectivity index (χ1n) is 8.57. The van der Waals surface area contributed by atoms with Gasteiger partial charge in [0.1, 0.15) is 17.8 Å². The van der Waals surface area contributed by atoms with Crippen LogP contribution in [0.5, 0.6) is 0 Å². The molecule has 2 aromatic rings. The molecule has 1 aliphatic heterocycles. The van der Waals surface area contributed by atoms with Crippen molar-refractivity contribution < 1.29 is 9.53 Å². The summed E-state index contributed by atoms with van der Waals surface area (Å²) < 4.78 is 5.46. The first kappa shape index (κ1) is 17.3. The number of piperazine rings is 1. The number of benzene rings is 1. The molecule has 0 radical (unpaired) electrons. The Kier molecular flexibility index (Phi) is 4.92. The monoisotopic (exact) mass is 343 g/mol. The number of amides is 1. The molecule has 7 nitrogen and oxygen atoms in total. The number of para-hydroxylation sites is 1. The summed E-state index contributed by atoms with van der Waals surface area (Å²) in [5, 5.41) is 6.82. The van der Waals surface area contributed by atoms with E-state index in [9.17, 15) is 4.79 Å². The minimum Gasteiger partial charge on any atom is -0.444 e. The summed E-state index contributed by atoms with van der Waals surface area (Å²) in [4.78, 5) is 20.5. The molecule has 0 bridgehead atoms. The third kappa shape index (κ3) is 4.49. The lowest BCUT2D eigenvalue weighted by Gasteiger charge is -2.37. The number of nitrogens with zero attached hydrogens (tertiary/aromatic N) is 4. The number of rotatable bonds is 3. The fourth-order valence-electron chi connectivity index (χ4n) is 2.92. The van der Waals surface area contributed by atoms with Crippen LogP contribution < -0.4 is 4.90 Å². The van der Waals surface area contributed by atoms with Crippen LogP contribution in [0.15, 0.2) is 30.6 Å². The topological polar surface area (TPSA) is 74.3 Å². The van der Waals surface area contributed by atoms with Crippen LogP contribution in [-0.4, -0.2) is 58.0 Å². The van der Waals surface area contributed by atoms with Crippen molar-refractivity contribution in [2.75, 3.05) is 31.1 Å². The average Bonchev–Trinajstić information content (AvgIpc) is 3.07. The van der Waals surface area contributed by atoms with E-state index < -0.39 is 5.60 Å². The molecule has 1 aromatic heterocycles. The minimum atomic E-state index is -0.460. The number of nitrogens with one attached hydrogen (secondary N) is 1. The van der Waals surface area contributed by atoms with Gasteiger partial charge in [0.15, 0.2) is 0 Å². The van der Waals surface area contributed by atoms with Crippen LogP contribution in [0.4, 0.5) is 10.5 Å². The first-order valence-corrected chi connectivity index (χ1v) is 8.57. The molecule has 0 atom stereocenters. The second-order valence-corrected chi connectivity index (χ2v) is 7.19. The SMILES string of the molecule is CC(C)(C)OC(=O)N1CCN(c2ccccc2Cc2ncn[nH]2)CC1. The maximum atomic E-state index is 12.2. The highest BCUT2D eigenvalue weighted by atomic mass is 16.6. The van der Waals surface area contributed by atoms with Crippen molar-refractivity contribution in [3.63, 3.8) is 0 Å². The Hall–Kier alpha value is -2.57. The fourth-order valence-corrected chi connectivity index (χ4v) is 2.92. The number of hydrogen-bond donors (Lipinski definition) is 1. The van der Waals surface area contributed by atoms with Crippen LogP contribution in [0.3, 0.4) is 0 Å². The standard InChI is InChI=1S/C18H25N5O2/c1-18(2,3)25-17(24)23-10-8-22(9-11-23)15-7-5-4-6-14(15)12-16-19-13-20-21-16/h4-7,13H,8-12H2,1-3H3,(H,19,20,21). The lowest BCUT2D eigenvalue weighted by Crippen LogP contribution is -2.50. The van der Waals surface area contributed by atoms with E-state index in [2.05, 4.69) is 32.2 Å². The van der Waals surface area contributed by atoms with Gasteiger partial charge in [-0.2, -0.15) is 5.10 Å². The quantitative estimate of drug-likeness (QED) is 0.926. The Morgan fingerprint density at radius 1 is 1.20 bits per heavy atom. The van der Waals surface area contributed by atoms with Gasteiger partial charge in [0, 0.05) is 38.3 Å². The summed E-state index contributed by atoms with van der Waals surface area (Å²) in [6.07, 6.45) is 2.00. The molecule has 3 rings (SSSR count). The molecule has 0 aliphatic carbocycles. The zero-order valence-electron chi connectivity index (χ0n) is 15.0. The van der Waals surface area contributed by atoms with Crippen molar-refractivity contribution in [3.8, 4) is 0 Å². The van der Waals surface area contributed by atoms with Crippen LogP contribution in [-0.2, 0) is 11.2 Å². The maximum absolute atomic E-state index is 12.2. The first-order chi connectivity index (χ1) is 11.9. The fraction of sp³-hybridized carbons (Fsp3) is 0.500. The van der Waals surface area contributed by atoms with Crippen molar-refractivity contribution in [1.82, 2.24) is 20.1 Å². The number of hydrogen-bond acceptors (Lipinski definition) is 5. The molecule has 1 amide bonds. The second-order valence-electron chi connectivity index (χ2n) is 7.19. The Morgan fingerprint density at radius 2 is 1.92 bits per heavy atom. The second kappa shape index (κ2) is 7.13. The van der Waals surface area contributed by atoms with Crippen LogP contribution >= 0.6 is 0 Å². The van der Waals surface area contributed by atoms with E-state index in [4.69, 9.17) is 4.74 Å². The Bertz CT molecular complexity index is 701. The van der Waals surface area contributed by atoms with Gasteiger partial charge in [-0.15, -0.1) is 0 Å². The largest absolute Gasteiger partial charge is 0.444 e. The molecule has 1 fully saturated rings. The van der Waals surface area contributed by atoms with Gasteiger partial charge in [-0.05, 0) is 32.4 Å². The van der Waals surface area contributed by atoms with Crippen molar-refractivity contribution >= 4 is 11.8 Å². The summed E-state index contributed by atoms with van der Waals surface area (Å²) in [5.74, 6) is 0.847. The molecule has 1 aliphatic rings. The number of carbonyl (C=O) groups is 1. The number of anilines is 1. The third-order valence-corrected chi connectivity index (χ3v) is 4.09. The molecular weight excluding hydrogens is 318 g/mol. The molecule has 0 spiro atoms. The summed E-state index contributed by atoms with van der Waals surface area (Å²) >= 11 is 0. The lowest BCUT2D eigenvalue weighted by molar-refractivity contribution is 0.0240. The summed E-state index contributed by atoms with van der Waals surface area (Å²) in [5.41, 5.74) is 1.92. The van der Waals surface area contributed by atoms with Gasteiger partial charge in [-0.25, -0.2) is 9.78 Å². The van der Waals surface area contributed by atoms with E-state index >= 15 is 0 Å². The predicted molar refractivity (Wildman–Crippen MR) is 95.7 cm³/mol. The van der Waals surface area contributed by atoms with Crippen LogP contribution in [0.2, 0.25) is 0 Å². The number of aromatic nitrogens is 3. The van der Waals surface area contributed by atoms with E-state index in [-0.39, 0.29) is 6.09 Å². The molecular formula is C18H25N5O2. The lowest BCUT2D eigenvalue weighted by atomic mass is 10.1. The van der Waals surface area contributed by atoms with Crippen LogP contribution in [0.1, 0.15) is 32.2 Å². The number of carbonyl (C=O) groups excluding carboxylic acids is 1. The van der Waals surface area contributed by atoms with Gasteiger partial charge in [0.05, 0.1) is 0 Å². The minimum absolute atomic E-state index is 0.234. The van der Waals surface area contributed by atoms with Crippen molar-refractivity contribution in [2.45, 2.75) is 32.8 Å². The molecule has 2 heterocycles. The maximum Gasteiger partial charge on any atom is 0.410 e. The van der Waals surface area contributed by atoms with Gasteiger partial charge in [0.2, 0.25) is 0 Å². The number of ether oxygens (including phenoxy) is 1. The van der Waals surface area contributed by atoms with Crippen molar-refractivity contribution in [3.05, 3.63) is 42.0 Å². The number of aromatic amines is 1. The molecule has 1 N–H and O–H groups in total. The summed E-state index contributed by atoms with van der Waals surface area (Å²) in [6, 6.07) is 8.30. The Balaban J connectivity index is 1.64. The Morgan fingerprint density at radius 3 is 2.56 bits per heavy atom. The van der Waals surface area contributed by atoms with E-state index in [0.717, 1.165) is 18.9 Å². The zero-order chi connectivity index (χ0) is 17.9. The normalized spacial score (nSPS) is 15.3. The van der Waals surface area contributed by atoms with Crippen molar-refractivity contribution in [1.29, 1.82) is 0 Å². The molecule has 25 heavy (non-hydrogen) atoms. The predicted octanol–water partition coefficient (Wildman–Crippen LogP) is 2.45. The van der Waals surface area contributed by atoms with E-state index in [1.807, 2.05) is 32.9 Å². The van der Waals surface area contributed by atoms with E-state index in [1.54, 1.807) is 4.90 Å². The number of H-pyrrole nitrogens is 1. The summed E-state index contributed by atoms with van der Waals surface area (Å²) in [6.45, 7) is 8.55. The van der Waals surface area contributed by atoms with Crippen LogP contribution in [0.25, 0.3) is 0 Å². The Labute approximate surface area is 148 Å². The van der Waals surface area contributed by atoms with Crippen molar-refractivity contribution in [2.24, 2.45) is 0 Å². The highest BCUT2D eigenvalue weighted by molar-refractivity contribution is 5.68. The third-order valence-electron chi connectivity index (χ3n) is 4.09. The van der Waals surface area contributed by atoms with E-state index in [0.29, 0.717) is 19.5 Å². The van der Waals surface area contributed by atoms with Gasteiger partial charge in [0.25, 0.3) is 0 Å². The van der Waals surface area contributed by atoms with Gasteiger partial charge in [-0.1, -0.05) is 18.2 Å². The molecule has 0 unspecified atom stereocenters. The molecule has 0 saturated carbocycles. The smallest absolute Gasteiger partial charge is 0.410 e. The molecule has 134 valence electrons. The van der Waals surface area contributed by atoms with Crippen LogP contribution in [0, 0.1) is 0 Å². The van der Waals surface area contributed by atoms with E-state index in [1.165, 1.54) is 17.6 Å². The molecule has 1 aromatic carbocycles. The highest BCUT2D eigenvalue weighted by Crippen LogP contribution is 2.24. The van der Waals surface area contributed by atoms with Gasteiger partial charge < -0.3 is 14.5 Å². The summed E-state index contributed by atoms with van der Waals surface area (Å²) in [7, 11) is 0. The van der Waals surface area contributed by atoms with Gasteiger partial charge in [-0.3, -0.25) is 5.10 Å². The molecule has 1 saturated heterocycles.